The van der Waals surface area contributed by atoms with Gasteiger partial charge in [-0.2, -0.15) is 14.7 Å². The van der Waals surface area contributed by atoms with Gasteiger partial charge in [0.15, 0.2) is 5.65 Å². The summed E-state index contributed by atoms with van der Waals surface area (Å²) in [6.45, 7) is 8.25. The third-order valence-corrected chi connectivity index (χ3v) is 5.38. The minimum atomic E-state index is -1.05. The van der Waals surface area contributed by atoms with E-state index in [4.69, 9.17) is 4.74 Å². The summed E-state index contributed by atoms with van der Waals surface area (Å²) >= 11 is 4.24. The van der Waals surface area contributed by atoms with Crippen LogP contribution < -0.4 is 0 Å². The minimum Gasteiger partial charge on any atom is -0.360 e. The minimum absolute atomic E-state index is 0.456. The van der Waals surface area contributed by atoms with E-state index in [1.807, 2.05) is 18.3 Å². The molecule has 0 radical (unpaired) electrons. The first-order chi connectivity index (χ1) is 10.9. The molecule has 3 heterocycles. The molecule has 0 aliphatic carbocycles. The fourth-order valence-corrected chi connectivity index (χ4v) is 2.98. The lowest BCUT2D eigenvalue weighted by atomic mass is 10.2. The van der Waals surface area contributed by atoms with Gasteiger partial charge in [0.25, 0.3) is 0 Å². The monoisotopic (exact) mass is 348 g/mol. The lowest BCUT2D eigenvalue weighted by molar-refractivity contribution is 0.0786. The second-order valence-corrected chi connectivity index (χ2v) is 12.6. The Morgan fingerprint density at radius 3 is 2.83 bits per heavy atom. The van der Waals surface area contributed by atoms with Crippen LogP contribution in [0.25, 0.3) is 16.9 Å². The number of rotatable bonds is 6. The van der Waals surface area contributed by atoms with Crippen molar-refractivity contribution in [3.63, 3.8) is 0 Å². The van der Waals surface area contributed by atoms with Gasteiger partial charge in [0.05, 0.1) is 11.9 Å². The average Bonchev–Trinajstić information content (AvgIpc) is 3.10. The van der Waals surface area contributed by atoms with Crippen LogP contribution >= 0.6 is 12.6 Å². The first-order valence-corrected chi connectivity index (χ1v) is 11.6. The summed E-state index contributed by atoms with van der Waals surface area (Å²) in [4.78, 5) is 0. The van der Waals surface area contributed by atoms with Gasteiger partial charge in [-0.25, -0.2) is 4.68 Å². The molecule has 0 saturated carbocycles. The first kappa shape index (κ1) is 16.2. The van der Waals surface area contributed by atoms with Crippen LogP contribution in [0.3, 0.4) is 0 Å². The Balaban J connectivity index is 1.67. The van der Waals surface area contributed by atoms with Crippen LogP contribution in [0.2, 0.25) is 25.7 Å². The molecule has 0 spiro atoms. The van der Waals surface area contributed by atoms with E-state index in [-0.39, 0.29) is 0 Å². The topological polar surface area (TPSA) is 70.1 Å². The van der Waals surface area contributed by atoms with Gasteiger partial charge in [0.1, 0.15) is 6.73 Å². The first-order valence-electron chi connectivity index (χ1n) is 7.44. The highest BCUT2D eigenvalue weighted by atomic mass is 32.1. The van der Waals surface area contributed by atoms with E-state index < -0.39 is 8.07 Å². The molecule has 0 amide bonds. The number of thiol groups is 1. The Kier molecular flexibility index (Phi) is 4.51. The number of fused-ring (bicyclic) bond motifs is 1. The SMILES string of the molecule is C[Si](C)(C)CCOCn1cc(-c2ccc3nnc(S)n3n2)cn1. The molecule has 3 rings (SSSR count). The highest BCUT2D eigenvalue weighted by molar-refractivity contribution is 7.80. The lowest BCUT2D eigenvalue weighted by Gasteiger charge is -2.15. The van der Waals surface area contributed by atoms with Gasteiger partial charge in [-0.15, -0.1) is 22.8 Å². The Hall–Kier alpha value is -1.71. The standard InChI is InChI=1S/C14H20N6OSSi/c1-23(2,3)7-6-21-10-19-9-11(8-15-19)12-4-5-13-16-17-14(22)20(13)18-12/h4-5,8-9H,6-7,10H2,1-3H3,(H,17,22). The molecule has 0 unspecified atom stereocenters. The molecule has 0 aliphatic heterocycles. The average molecular weight is 349 g/mol. The number of aromatic nitrogens is 6. The van der Waals surface area contributed by atoms with Crippen LogP contribution in [-0.4, -0.2) is 44.3 Å². The molecule has 0 saturated heterocycles. The Bertz CT molecular complexity index is 809. The summed E-state index contributed by atoms with van der Waals surface area (Å²) in [7, 11) is -1.05. The van der Waals surface area contributed by atoms with Crippen molar-refractivity contribution < 1.29 is 4.74 Å². The van der Waals surface area contributed by atoms with Crippen molar-refractivity contribution in [2.45, 2.75) is 37.6 Å². The van der Waals surface area contributed by atoms with Crippen LogP contribution in [0.1, 0.15) is 0 Å². The summed E-state index contributed by atoms with van der Waals surface area (Å²) in [6.07, 6.45) is 3.70. The molecule has 0 atom stereocenters. The van der Waals surface area contributed by atoms with E-state index in [1.54, 1.807) is 15.4 Å². The molecule has 0 bridgehead atoms. The van der Waals surface area contributed by atoms with Gasteiger partial charge >= 0.3 is 0 Å². The van der Waals surface area contributed by atoms with Gasteiger partial charge in [0, 0.05) is 26.4 Å². The summed E-state index contributed by atoms with van der Waals surface area (Å²) < 4.78 is 9.07. The second kappa shape index (κ2) is 6.42. The zero-order chi connectivity index (χ0) is 16.4. The number of nitrogens with zero attached hydrogens (tertiary/aromatic N) is 6. The molecular formula is C14H20N6OSSi. The zero-order valence-corrected chi connectivity index (χ0v) is 15.4. The van der Waals surface area contributed by atoms with Crippen molar-refractivity contribution in [1.29, 1.82) is 0 Å². The predicted molar refractivity (Wildman–Crippen MR) is 93.4 cm³/mol. The highest BCUT2D eigenvalue weighted by Gasteiger charge is 2.12. The van der Waals surface area contributed by atoms with Crippen LogP contribution in [0.5, 0.6) is 0 Å². The highest BCUT2D eigenvalue weighted by Crippen LogP contribution is 2.17. The molecule has 3 aromatic rings. The molecule has 9 heteroatoms. The quantitative estimate of drug-likeness (QED) is 0.421. The Morgan fingerprint density at radius 2 is 2.04 bits per heavy atom. The molecule has 0 fully saturated rings. The fourth-order valence-electron chi connectivity index (χ4n) is 2.03. The summed E-state index contributed by atoms with van der Waals surface area (Å²) in [5.74, 6) is 0. The molecule has 0 aliphatic rings. The summed E-state index contributed by atoms with van der Waals surface area (Å²) in [6, 6.07) is 4.90. The Labute approximate surface area is 141 Å². The molecule has 23 heavy (non-hydrogen) atoms. The van der Waals surface area contributed by atoms with Crippen molar-refractivity contribution in [1.82, 2.24) is 29.6 Å². The van der Waals surface area contributed by atoms with Crippen molar-refractivity contribution in [3.05, 3.63) is 24.5 Å². The van der Waals surface area contributed by atoms with E-state index >= 15 is 0 Å². The van der Waals surface area contributed by atoms with Crippen LogP contribution in [0.15, 0.2) is 29.7 Å². The molecule has 7 nitrogen and oxygen atoms in total. The zero-order valence-electron chi connectivity index (χ0n) is 13.5. The summed E-state index contributed by atoms with van der Waals surface area (Å²) in [5.41, 5.74) is 2.38. The molecule has 3 aromatic heterocycles. The van der Waals surface area contributed by atoms with Gasteiger partial charge in [-0.05, 0) is 18.2 Å². The van der Waals surface area contributed by atoms with Crippen molar-refractivity contribution >= 4 is 26.3 Å². The van der Waals surface area contributed by atoms with Gasteiger partial charge in [-0.3, -0.25) is 0 Å². The van der Waals surface area contributed by atoms with E-state index in [1.165, 1.54) is 0 Å². The molecule has 0 aromatic carbocycles. The Morgan fingerprint density at radius 1 is 1.22 bits per heavy atom. The van der Waals surface area contributed by atoms with E-state index in [0.29, 0.717) is 17.5 Å². The maximum absolute atomic E-state index is 5.70. The molecule has 122 valence electrons. The number of hydrogen-bond acceptors (Lipinski definition) is 6. The van der Waals surface area contributed by atoms with Crippen LogP contribution in [-0.2, 0) is 11.5 Å². The fraction of sp³-hybridized carbons (Fsp3) is 0.429. The van der Waals surface area contributed by atoms with Gasteiger partial charge in [0.2, 0.25) is 5.16 Å². The van der Waals surface area contributed by atoms with Crippen LogP contribution in [0, 0.1) is 0 Å². The van der Waals surface area contributed by atoms with Crippen molar-refractivity contribution in [3.8, 4) is 11.3 Å². The molecule has 0 N–H and O–H groups in total. The maximum atomic E-state index is 5.70. The third-order valence-electron chi connectivity index (χ3n) is 3.40. The van der Waals surface area contributed by atoms with E-state index in [9.17, 15) is 0 Å². The van der Waals surface area contributed by atoms with Gasteiger partial charge < -0.3 is 4.74 Å². The van der Waals surface area contributed by atoms with E-state index in [0.717, 1.165) is 23.9 Å². The lowest BCUT2D eigenvalue weighted by Crippen LogP contribution is -2.22. The molecular weight excluding hydrogens is 328 g/mol. The predicted octanol–water partition coefficient (Wildman–Crippen LogP) is 2.59. The smallest absolute Gasteiger partial charge is 0.209 e. The van der Waals surface area contributed by atoms with E-state index in [2.05, 4.69) is 52.7 Å². The second-order valence-electron chi connectivity index (χ2n) is 6.61. The van der Waals surface area contributed by atoms with Crippen molar-refractivity contribution in [2.75, 3.05) is 6.61 Å². The number of hydrogen-bond donors (Lipinski definition) is 1. The van der Waals surface area contributed by atoms with Gasteiger partial charge in [-0.1, -0.05) is 19.6 Å². The maximum Gasteiger partial charge on any atom is 0.209 e. The van der Waals surface area contributed by atoms with Crippen LogP contribution in [0.4, 0.5) is 0 Å². The largest absolute Gasteiger partial charge is 0.360 e. The van der Waals surface area contributed by atoms with Crippen molar-refractivity contribution in [2.24, 2.45) is 0 Å². The number of ether oxygens (including phenoxy) is 1. The summed E-state index contributed by atoms with van der Waals surface area (Å²) in [5, 5.41) is 17.1. The third kappa shape index (κ3) is 3.98. The normalized spacial score (nSPS) is 12.2.